The van der Waals surface area contributed by atoms with E-state index in [2.05, 4.69) is 15.4 Å². The Morgan fingerprint density at radius 3 is 3.00 bits per heavy atom. The molecule has 2 atom stereocenters. The van der Waals surface area contributed by atoms with Crippen molar-refractivity contribution in [1.29, 1.82) is 0 Å². The number of nitrogens with zero attached hydrogens (tertiary/aromatic N) is 3. The molecule has 0 unspecified atom stereocenters. The molecule has 6 heteroatoms. The van der Waals surface area contributed by atoms with Crippen LogP contribution >= 0.6 is 0 Å². The van der Waals surface area contributed by atoms with Crippen molar-refractivity contribution < 1.29 is 9.53 Å². The van der Waals surface area contributed by atoms with Crippen LogP contribution in [0.1, 0.15) is 29.5 Å². The number of amides is 1. The molecule has 1 aliphatic rings. The summed E-state index contributed by atoms with van der Waals surface area (Å²) in [7, 11) is 1.87. The molecule has 3 rings (SSSR count). The van der Waals surface area contributed by atoms with Crippen molar-refractivity contribution in [2.24, 2.45) is 13.0 Å². The average molecular weight is 314 g/mol. The summed E-state index contributed by atoms with van der Waals surface area (Å²) >= 11 is 0. The maximum Gasteiger partial charge on any atom is 0.226 e. The lowest BCUT2D eigenvalue weighted by molar-refractivity contribution is -0.126. The van der Waals surface area contributed by atoms with E-state index in [-0.39, 0.29) is 17.9 Å². The van der Waals surface area contributed by atoms with Crippen LogP contribution in [0.4, 0.5) is 0 Å². The number of nitrogens with one attached hydrogen (secondary N) is 1. The first-order valence-electron chi connectivity index (χ1n) is 7.94. The van der Waals surface area contributed by atoms with Crippen molar-refractivity contribution in [3.63, 3.8) is 0 Å². The third kappa shape index (κ3) is 3.59. The molecule has 1 amide bonds. The van der Waals surface area contributed by atoms with Crippen molar-refractivity contribution in [1.82, 2.24) is 20.1 Å². The van der Waals surface area contributed by atoms with Gasteiger partial charge in [-0.15, -0.1) is 0 Å². The monoisotopic (exact) mass is 314 g/mol. The van der Waals surface area contributed by atoms with Gasteiger partial charge in [0, 0.05) is 38.3 Å². The van der Waals surface area contributed by atoms with Crippen LogP contribution in [0, 0.1) is 12.8 Å². The van der Waals surface area contributed by atoms with Gasteiger partial charge in [-0.3, -0.25) is 14.5 Å². The second kappa shape index (κ2) is 6.91. The molecule has 122 valence electrons. The number of carbonyl (C=O) groups excluding carboxylic acids is 1. The van der Waals surface area contributed by atoms with E-state index in [1.165, 1.54) is 0 Å². The molecule has 0 radical (unpaired) electrons. The normalized spacial score (nSPS) is 20.6. The first-order chi connectivity index (χ1) is 11.1. The third-order valence-corrected chi connectivity index (χ3v) is 4.26. The highest BCUT2D eigenvalue weighted by Crippen LogP contribution is 2.34. The molecule has 1 aliphatic heterocycles. The zero-order valence-corrected chi connectivity index (χ0v) is 13.5. The van der Waals surface area contributed by atoms with E-state index in [9.17, 15) is 4.79 Å². The lowest BCUT2D eigenvalue weighted by atomic mass is 9.98. The number of pyridine rings is 1. The molecule has 0 spiro atoms. The van der Waals surface area contributed by atoms with E-state index in [1.807, 2.05) is 38.4 Å². The first-order valence-corrected chi connectivity index (χ1v) is 7.94. The number of rotatable bonds is 5. The van der Waals surface area contributed by atoms with Gasteiger partial charge in [-0.2, -0.15) is 5.10 Å². The standard InChI is InChI=1S/C17H22N4O2/c1-12-3-4-13(11-19-12)5-8-18-17(22)14-7-10-23-16(14)15-6-9-20-21(15)2/h3-4,6,9,11,14,16H,5,7-8,10H2,1-2H3,(H,18,22)/t14-,16-/m1/s1. The number of aryl methyl sites for hydroxylation is 2. The molecule has 23 heavy (non-hydrogen) atoms. The quantitative estimate of drug-likeness (QED) is 0.909. The summed E-state index contributed by atoms with van der Waals surface area (Å²) in [6.07, 6.45) is 4.91. The molecular formula is C17H22N4O2. The lowest BCUT2D eigenvalue weighted by Gasteiger charge is -2.18. The number of hydrogen-bond acceptors (Lipinski definition) is 4. The van der Waals surface area contributed by atoms with Gasteiger partial charge in [0.25, 0.3) is 0 Å². The number of hydrogen-bond donors (Lipinski definition) is 1. The minimum absolute atomic E-state index is 0.0498. The third-order valence-electron chi connectivity index (χ3n) is 4.26. The summed E-state index contributed by atoms with van der Waals surface area (Å²) in [6, 6.07) is 5.94. The van der Waals surface area contributed by atoms with Crippen LogP contribution in [0.25, 0.3) is 0 Å². The van der Waals surface area contributed by atoms with E-state index in [4.69, 9.17) is 4.74 Å². The van der Waals surface area contributed by atoms with Gasteiger partial charge >= 0.3 is 0 Å². The Bertz CT molecular complexity index is 665. The van der Waals surface area contributed by atoms with E-state index in [0.29, 0.717) is 13.2 Å². The minimum atomic E-state index is -0.205. The van der Waals surface area contributed by atoms with Crippen LogP contribution < -0.4 is 5.32 Å². The Labute approximate surface area is 135 Å². The summed E-state index contributed by atoms with van der Waals surface area (Å²) < 4.78 is 7.53. The van der Waals surface area contributed by atoms with E-state index in [1.54, 1.807) is 10.9 Å². The smallest absolute Gasteiger partial charge is 0.226 e. The van der Waals surface area contributed by atoms with Crippen molar-refractivity contribution in [3.05, 3.63) is 47.5 Å². The summed E-state index contributed by atoms with van der Waals surface area (Å²) in [5, 5.41) is 7.18. The molecule has 1 saturated heterocycles. The van der Waals surface area contributed by atoms with Gasteiger partial charge in [0.05, 0.1) is 11.6 Å². The number of aromatic nitrogens is 3. The fourth-order valence-corrected chi connectivity index (χ4v) is 2.92. The van der Waals surface area contributed by atoms with E-state index >= 15 is 0 Å². The topological polar surface area (TPSA) is 69.0 Å². The molecule has 0 aromatic carbocycles. The van der Waals surface area contributed by atoms with Gasteiger partial charge in [-0.05, 0) is 37.5 Å². The summed E-state index contributed by atoms with van der Waals surface area (Å²) in [6.45, 7) is 3.18. The van der Waals surface area contributed by atoms with Crippen LogP contribution in [0.3, 0.4) is 0 Å². The summed E-state index contributed by atoms with van der Waals surface area (Å²) in [5.41, 5.74) is 3.08. The van der Waals surface area contributed by atoms with Gasteiger partial charge in [0.15, 0.2) is 0 Å². The Kier molecular flexibility index (Phi) is 4.71. The number of carbonyl (C=O) groups is 1. The van der Waals surface area contributed by atoms with Crippen LogP contribution in [-0.4, -0.2) is 33.8 Å². The zero-order valence-electron chi connectivity index (χ0n) is 13.5. The minimum Gasteiger partial charge on any atom is -0.371 e. The molecule has 0 bridgehead atoms. The largest absolute Gasteiger partial charge is 0.371 e. The average Bonchev–Trinajstić information content (AvgIpc) is 3.17. The SMILES string of the molecule is Cc1ccc(CCNC(=O)[C@@H]2CCO[C@H]2c2ccnn2C)cn1. The molecule has 1 fully saturated rings. The Hall–Kier alpha value is -2.21. The van der Waals surface area contributed by atoms with Gasteiger partial charge in [-0.1, -0.05) is 6.07 Å². The highest BCUT2D eigenvalue weighted by Gasteiger charge is 2.36. The Morgan fingerprint density at radius 2 is 2.30 bits per heavy atom. The predicted molar refractivity (Wildman–Crippen MR) is 85.7 cm³/mol. The maximum atomic E-state index is 12.5. The Balaban J connectivity index is 1.55. The molecule has 6 nitrogen and oxygen atoms in total. The second-order valence-corrected chi connectivity index (χ2v) is 5.92. The zero-order chi connectivity index (χ0) is 16.2. The second-order valence-electron chi connectivity index (χ2n) is 5.92. The van der Waals surface area contributed by atoms with Crippen LogP contribution in [-0.2, 0) is 23.0 Å². The van der Waals surface area contributed by atoms with E-state index < -0.39 is 0 Å². The predicted octanol–water partition coefficient (Wildman–Crippen LogP) is 1.56. The molecule has 2 aromatic rings. The van der Waals surface area contributed by atoms with Gasteiger partial charge < -0.3 is 10.1 Å². The van der Waals surface area contributed by atoms with Crippen molar-refractivity contribution in [2.75, 3.05) is 13.2 Å². The van der Waals surface area contributed by atoms with E-state index in [0.717, 1.165) is 29.8 Å². The van der Waals surface area contributed by atoms with Crippen molar-refractivity contribution >= 4 is 5.91 Å². The molecule has 1 N–H and O–H groups in total. The molecule has 0 aliphatic carbocycles. The first kappa shape index (κ1) is 15.7. The fourth-order valence-electron chi connectivity index (χ4n) is 2.92. The number of ether oxygens (including phenoxy) is 1. The van der Waals surface area contributed by atoms with Crippen LogP contribution in [0.2, 0.25) is 0 Å². The molecular weight excluding hydrogens is 292 g/mol. The maximum absolute atomic E-state index is 12.5. The molecule has 3 heterocycles. The lowest BCUT2D eigenvalue weighted by Crippen LogP contribution is -2.34. The molecule has 0 saturated carbocycles. The van der Waals surface area contributed by atoms with Gasteiger partial charge in [-0.25, -0.2) is 0 Å². The highest BCUT2D eigenvalue weighted by molar-refractivity contribution is 5.79. The summed E-state index contributed by atoms with van der Waals surface area (Å²) in [4.78, 5) is 16.7. The van der Waals surface area contributed by atoms with Crippen LogP contribution in [0.15, 0.2) is 30.6 Å². The Morgan fingerprint density at radius 1 is 1.43 bits per heavy atom. The highest BCUT2D eigenvalue weighted by atomic mass is 16.5. The summed E-state index contributed by atoms with van der Waals surface area (Å²) in [5.74, 6) is -0.102. The van der Waals surface area contributed by atoms with Crippen molar-refractivity contribution in [2.45, 2.75) is 25.9 Å². The fraction of sp³-hybridized carbons (Fsp3) is 0.471. The molecule has 2 aromatic heterocycles. The van der Waals surface area contributed by atoms with Crippen LogP contribution in [0.5, 0.6) is 0 Å². The van der Waals surface area contributed by atoms with Gasteiger partial charge in [0.1, 0.15) is 6.10 Å². The van der Waals surface area contributed by atoms with Gasteiger partial charge in [0.2, 0.25) is 5.91 Å². The van der Waals surface area contributed by atoms with Crippen molar-refractivity contribution in [3.8, 4) is 0 Å².